The molecule has 6 nitrogen and oxygen atoms in total. The molecule has 158 valence electrons. The van der Waals surface area contributed by atoms with E-state index >= 15 is 0 Å². The van der Waals surface area contributed by atoms with Crippen LogP contribution in [0.15, 0.2) is 36.4 Å². The quantitative estimate of drug-likeness (QED) is 0.669. The summed E-state index contributed by atoms with van der Waals surface area (Å²) in [5.74, 6) is 2.06. The normalized spacial score (nSPS) is 15.7. The lowest BCUT2D eigenvalue weighted by Crippen LogP contribution is -2.42. The second-order valence-corrected chi connectivity index (χ2v) is 7.29. The van der Waals surface area contributed by atoms with E-state index in [9.17, 15) is 0 Å². The maximum absolute atomic E-state index is 6.33. The number of nitrogens with one attached hydrogen (secondary N) is 1. The number of nitrogens with zero attached hydrogens (tertiary/aromatic N) is 1. The van der Waals surface area contributed by atoms with Gasteiger partial charge in [0.05, 0.1) is 39.6 Å². The minimum absolute atomic E-state index is 0.250. The van der Waals surface area contributed by atoms with Crippen molar-refractivity contribution < 1.29 is 18.9 Å². The Kier molecular flexibility index (Phi) is 8.00. The summed E-state index contributed by atoms with van der Waals surface area (Å²) in [5, 5.41) is 4.12. The first-order valence-corrected chi connectivity index (χ1v) is 10.1. The van der Waals surface area contributed by atoms with Gasteiger partial charge in [-0.3, -0.25) is 4.90 Å². The zero-order valence-corrected chi connectivity index (χ0v) is 18.0. The Morgan fingerprint density at radius 3 is 2.38 bits per heavy atom. The summed E-state index contributed by atoms with van der Waals surface area (Å²) in [6.45, 7) is 4.84. The zero-order valence-electron chi connectivity index (χ0n) is 17.2. The second-order valence-electron chi connectivity index (χ2n) is 6.88. The van der Waals surface area contributed by atoms with Gasteiger partial charge in [-0.25, -0.2) is 0 Å². The topological polar surface area (TPSA) is 52.2 Å². The van der Waals surface area contributed by atoms with E-state index in [0.29, 0.717) is 23.1 Å². The van der Waals surface area contributed by atoms with Crippen LogP contribution in [-0.2, 0) is 11.3 Å². The van der Waals surface area contributed by atoms with Crippen LogP contribution < -0.4 is 19.5 Å². The molecule has 1 fully saturated rings. The Morgan fingerprint density at radius 1 is 1.03 bits per heavy atom. The summed E-state index contributed by atoms with van der Waals surface area (Å²) < 4.78 is 21.6. The summed E-state index contributed by atoms with van der Waals surface area (Å²) in [7, 11) is 4.89. The van der Waals surface area contributed by atoms with Crippen molar-refractivity contribution in [2.75, 3.05) is 54.2 Å². The third-order valence-corrected chi connectivity index (χ3v) is 5.43. The first kappa shape index (κ1) is 21.7. The SMILES string of the molecule is COc1ccc(C(CNCc2cc(Cl)c(OC)c(OC)c2)N2CCOCC2)cc1. The molecule has 0 radical (unpaired) electrons. The molecule has 1 saturated heterocycles. The summed E-state index contributed by atoms with van der Waals surface area (Å²) >= 11 is 6.33. The van der Waals surface area contributed by atoms with Gasteiger partial charge in [0.25, 0.3) is 0 Å². The summed E-state index contributed by atoms with van der Waals surface area (Å²) in [4.78, 5) is 2.46. The fraction of sp³-hybridized carbons (Fsp3) is 0.455. The van der Waals surface area contributed by atoms with Gasteiger partial charge in [0, 0.05) is 32.2 Å². The van der Waals surface area contributed by atoms with Crippen molar-refractivity contribution in [3.05, 3.63) is 52.5 Å². The molecule has 0 bridgehead atoms. The number of rotatable bonds is 9. The largest absolute Gasteiger partial charge is 0.497 e. The van der Waals surface area contributed by atoms with E-state index in [1.54, 1.807) is 21.3 Å². The van der Waals surface area contributed by atoms with Crippen LogP contribution in [0, 0.1) is 0 Å². The predicted molar refractivity (Wildman–Crippen MR) is 114 cm³/mol. The zero-order chi connectivity index (χ0) is 20.6. The highest BCUT2D eigenvalue weighted by atomic mass is 35.5. The third-order valence-electron chi connectivity index (χ3n) is 5.15. The number of hydrogen-bond donors (Lipinski definition) is 1. The van der Waals surface area contributed by atoms with Gasteiger partial charge in [0.2, 0.25) is 0 Å². The molecule has 1 atom stereocenters. The van der Waals surface area contributed by atoms with Gasteiger partial charge in [-0.05, 0) is 35.4 Å². The lowest BCUT2D eigenvalue weighted by molar-refractivity contribution is 0.0161. The molecule has 1 N–H and O–H groups in total. The van der Waals surface area contributed by atoms with Gasteiger partial charge in [-0.1, -0.05) is 23.7 Å². The Morgan fingerprint density at radius 2 is 1.76 bits per heavy atom. The van der Waals surface area contributed by atoms with E-state index in [1.165, 1.54) is 5.56 Å². The van der Waals surface area contributed by atoms with E-state index in [1.807, 2.05) is 24.3 Å². The fourth-order valence-electron chi connectivity index (χ4n) is 3.60. The highest BCUT2D eigenvalue weighted by molar-refractivity contribution is 6.32. The summed E-state index contributed by atoms with van der Waals surface area (Å²) in [6, 6.07) is 12.4. The van der Waals surface area contributed by atoms with Crippen molar-refractivity contribution in [3.8, 4) is 17.2 Å². The van der Waals surface area contributed by atoms with Crippen LogP contribution in [0.3, 0.4) is 0 Å². The highest BCUT2D eigenvalue weighted by Crippen LogP contribution is 2.36. The van der Waals surface area contributed by atoms with Crippen LogP contribution in [-0.4, -0.2) is 59.1 Å². The second kappa shape index (κ2) is 10.7. The Hall–Kier alpha value is -1.99. The number of hydrogen-bond acceptors (Lipinski definition) is 6. The first-order chi connectivity index (χ1) is 14.2. The standard InChI is InChI=1S/C22H29ClN2O4/c1-26-18-6-4-17(5-7-18)20(25-8-10-29-11-9-25)15-24-14-16-12-19(23)22(28-3)21(13-16)27-2/h4-7,12-13,20,24H,8-11,14-15H2,1-3H3. The van der Waals surface area contributed by atoms with Gasteiger partial charge < -0.3 is 24.3 Å². The Balaban J connectivity index is 1.70. The van der Waals surface area contributed by atoms with Crippen LogP contribution in [0.1, 0.15) is 17.2 Å². The molecule has 0 aliphatic carbocycles. The van der Waals surface area contributed by atoms with Crippen molar-refractivity contribution in [2.24, 2.45) is 0 Å². The van der Waals surface area contributed by atoms with Gasteiger partial charge in [0.15, 0.2) is 11.5 Å². The molecule has 1 heterocycles. The van der Waals surface area contributed by atoms with E-state index in [4.69, 9.17) is 30.5 Å². The fourth-order valence-corrected chi connectivity index (χ4v) is 3.91. The molecular formula is C22H29ClN2O4. The average Bonchev–Trinajstić information content (AvgIpc) is 2.77. The molecule has 2 aromatic carbocycles. The van der Waals surface area contributed by atoms with Crippen molar-refractivity contribution in [1.82, 2.24) is 10.2 Å². The predicted octanol–water partition coefficient (Wildman–Crippen LogP) is 3.53. The van der Waals surface area contributed by atoms with Crippen molar-refractivity contribution in [3.63, 3.8) is 0 Å². The molecule has 0 aromatic heterocycles. The maximum atomic E-state index is 6.33. The van der Waals surface area contributed by atoms with Crippen molar-refractivity contribution in [2.45, 2.75) is 12.6 Å². The van der Waals surface area contributed by atoms with Crippen LogP contribution in [0.5, 0.6) is 17.2 Å². The van der Waals surface area contributed by atoms with Crippen molar-refractivity contribution >= 4 is 11.6 Å². The molecular weight excluding hydrogens is 392 g/mol. The lowest BCUT2D eigenvalue weighted by atomic mass is 10.0. The van der Waals surface area contributed by atoms with Gasteiger partial charge in [-0.2, -0.15) is 0 Å². The smallest absolute Gasteiger partial charge is 0.179 e. The molecule has 7 heteroatoms. The van der Waals surface area contributed by atoms with Crippen LogP contribution >= 0.6 is 11.6 Å². The molecule has 3 rings (SSSR count). The van der Waals surface area contributed by atoms with Gasteiger partial charge >= 0.3 is 0 Å². The molecule has 0 spiro atoms. The number of methoxy groups -OCH3 is 3. The van der Waals surface area contributed by atoms with E-state index in [0.717, 1.165) is 44.2 Å². The van der Waals surface area contributed by atoms with Crippen LogP contribution in [0.4, 0.5) is 0 Å². The number of benzene rings is 2. The van der Waals surface area contributed by atoms with E-state index < -0.39 is 0 Å². The van der Waals surface area contributed by atoms with Crippen LogP contribution in [0.25, 0.3) is 0 Å². The minimum atomic E-state index is 0.250. The van der Waals surface area contributed by atoms with Crippen molar-refractivity contribution in [1.29, 1.82) is 0 Å². The van der Waals surface area contributed by atoms with Gasteiger partial charge in [0.1, 0.15) is 5.75 Å². The molecule has 29 heavy (non-hydrogen) atoms. The van der Waals surface area contributed by atoms with Crippen LogP contribution in [0.2, 0.25) is 5.02 Å². The number of ether oxygens (including phenoxy) is 4. The molecule has 1 aliphatic rings. The Labute approximate surface area is 177 Å². The molecule has 1 aliphatic heterocycles. The maximum Gasteiger partial charge on any atom is 0.179 e. The lowest BCUT2D eigenvalue weighted by Gasteiger charge is -2.35. The van der Waals surface area contributed by atoms with E-state index in [-0.39, 0.29) is 6.04 Å². The molecule has 2 aromatic rings. The molecule has 1 unspecified atom stereocenters. The highest BCUT2D eigenvalue weighted by Gasteiger charge is 2.22. The first-order valence-electron chi connectivity index (χ1n) is 9.73. The summed E-state index contributed by atoms with van der Waals surface area (Å²) in [5.41, 5.74) is 2.30. The van der Waals surface area contributed by atoms with Gasteiger partial charge in [-0.15, -0.1) is 0 Å². The monoisotopic (exact) mass is 420 g/mol. The molecule has 0 amide bonds. The third kappa shape index (κ3) is 5.54. The number of halogens is 1. The number of morpholine rings is 1. The Bertz CT molecular complexity index is 779. The van der Waals surface area contributed by atoms with E-state index in [2.05, 4.69) is 22.3 Å². The minimum Gasteiger partial charge on any atom is -0.497 e. The molecule has 0 saturated carbocycles. The summed E-state index contributed by atoms with van der Waals surface area (Å²) in [6.07, 6.45) is 0. The average molecular weight is 421 g/mol.